The van der Waals surface area contributed by atoms with Gasteiger partial charge >= 0.3 is 6.03 Å². The number of methoxy groups -OCH3 is 1. The lowest BCUT2D eigenvalue weighted by Gasteiger charge is -2.26. The average Bonchev–Trinajstić information content (AvgIpc) is 2.78. The predicted octanol–water partition coefficient (Wildman–Crippen LogP) is 1.92. The van der Waals surface area contributed by atoms with Crippen molar-refractivity contribution in [3.8, 4) is 5.75 Å². The van der Waals surface area contributed by atoms with Crippen LogP contribution in [0.15, 0.2) is 18.2 Å². The molecular weight excluding hydrogens is 290 g/mol. The molecule has 3 amide bonds. The monoisotopic (exact) mass is 305 g/mol. The number of nitro groups is 1. The minimum Gasteiger partial charge on any atom is -0.494 e. The summed E-state index contributed by atoms with van der Waals surface area (Å²) in [5.74, 6) is -0.160. The fraction of sp³-hybridized carbons (Fsp3) is 0.429. The zero-order valence-corrected chi connectivity index (χ0v) is 12.0. The number of carbonyl (C=O) groups is 2. The molecule has 8 nitrogen and oxygen atoms in total. The van der Waals surface area contributed by atoms with Crippen LogP contribution < -0.4 is 9.64 Å². The summed E-state index contributed by atoms with van der Waals surface area (Å²) in [5.41, 5.74) is 0.0925. The smallest absolute Gasteiger partial charge is 0.332 e. The number of piperidine rings is 1. The lowest BCUT2D eigenvalue weighted by Crippen LogP contribution is -2.39. The number of urea groups is 1. The summed E-state index contributed by atoms with van der Waals surface area (Å²) >= 11 is 0. The number of imide groups is 1. The lowest BCUT2D eigenvalue weighted by molar-refractivity contribution is -0.384. The molecule has 22 heavy (non-hydrogen) atoms. The second kappa shape index (κ2) is 5.28. The van der Waals surface area contributed by atoms with E-state index >= 15 is 0 Å². The van der Waals surface area contributed by atoms with E-state index in [0.29, 0.717) is 13.0 Å². The molecule has 2 heterocycles. The van der Waals surface area contributed by atoms with Crippen LogP contribution in [0.2, 0.25) is 0 Å². The van der Waals surface area contributed by atoms with Gasteiger partial charge < -0.3 is 9.64 Å². The Balaban J connectivity index is 2.01. The Morgan fingerprint density at radius 3 is 2.73 bits per heavy atom. The highest BCUT2D eigenvalue weighted by molar-refractivity contribution is 6.22. The highest BCUT2D eigenvalue weighted by atomic mass is 16.6. The topological polar surface area (TPSA) is 93.0 Å². The summed E-state index contributed by atoms with van der Waals surface area (Å²) in [6, 6.07) is 3.04. The Morgan fingerprint density at radius 1 is 1.32 bits per heavy atom. The summed E-state index contributed by atoms with van der Waals surface area (Å²) < 4.78 is 5.13. The van der Waals surface area contributed by atoms with Crippen molar-refractivity contribution in [2.75, 3.05) is 18.6 Å². The number of hydrogen-bond acceptors (Lipinski definition) is 5. The van der Waals surface area contributed by atoms with Gasteiger partial charge in [-0.15, -0.1) is 0 Å². The second-order valence-electron chi connectivity index (χ2n) is 5.27. The van der Waals surface area contributed by atoms with Gasteiger partial charge in [-0.1, -0.05) is 0 Å². The van der Waals surface area contributed by atoms with E-state index in [9.17, 15) is 19.7 Å². The van der Waals surface area contributed by atoms with Crippen molar-refractivity contribution >= 4 is 23.3 Å². The van der Waals surface area contributed by atoms with E-state index in [1.807, 2.05) is 0 Å². The Labute approximate surface area is 126 Å². The third-order valence-electron chi connectivity index (χ3n) is 4.06. The molecule has 0 aromatic heterocycles. The van der Waals surface area contributed by atoms with Crippen LogP contribution in [-0.2, 0) is 4.79 Å². The van der Waals surface area contributed by atoms with Gasteiger partial charge in [0.1, 0.15) is 11.8 Å². The van der Waals surface area contributed by atoms with Gasteiger partial charge in [-0.2, -0.15) is 0 Å². The molecule has 2 fully saturated rings. The third-order valence-corrected chi connectivity index (χ3v) is 4.06. The quantitative estimate of drug-likeness (QED) is 0.483. The fourth-order valence-corrected chi connectivity index (χ4v) is 2.98. The molecule has 1 aromatic rings. The zero-order chi connectivity index (χ0) is 15.9. The van der Waals surface area contributed by atoms with E-state index in [1.165, 1.54) is 25.3 Å². The Bertz CT molecular complexity index is 636. The Hall–Kier alpha value is -2.64. The highest BCUT2D eigenvalue weighted by Crippen LogP contribution is 2.37. The number of anilines is 1. The van der Waals surface area contributed by atoms with Crippen LogP contribution in [0, 0.1) is 10.1 Å². The minimum atomic E-state index is -0.552. The first kappa shape index (κ1) is 14.3. The maximum Gasteiger partial charge on any atom is 0.332 e. The molecule has 0 saturated carbocycles. The van der Waals surface area contributed by atoms with Gasteiger partial charge in [0.25, 0.3) is 11.6 Å². The molecular formula is C14H15N3O5. The van der Waals surface area contributed by atoms with Crippen LogP contribution in [0.3, 0.4) is 0 Å². The van der Waals surface area contributed by atoms with Crippen LogP contribution in [0.1, 0.15) is 19.3 Å². The molecule has 0 bridgehead atoms. The van der Waals surface area contributed by atoms with Crippen molar-refractivity contribution in [1.29, 1.82) is 0 Å². The molecule has 8 heteroatoms. The number of nitro benzene ring substituents is 1. The largest absolute Gasteiger partial charge is 0.494 e. The van der Waals surface area contributed by atoms with Crippen molar-refractivity contribution < 1.29 is 19.2 Å². The van der Waals surface area contributed by atoms with E-state index in [1.54, 1.807) is 4.90 Å². The zero-order valence-electron chi connectivity index (χ0n) is 12.0. The van der Waals surface area contributed by atoms with E-state index in [0.717, 1.165) is 17.7 Å². The van der Waals surface area contributed by atoms with Crippen molar-refractivity contribution in [3.05, 3.63) is 28.3 Å². The number of non-ortho nitro benzene ring substituents is 1. The van der Waals surface area contributed by atoms with E-state index in [4.69, 9.17) is 4.74 Å². The first-order valence-corrected chi connectivity index (χ1v) is 7.01. The van der Waals surface area contributed by atoms with Crippen molar-refractivity contribution in [3.63, 3.8) is 0 Å². The van der Waals surface area contributed by atoms with E-state index < -0.39 is 11.0 Å². The predicted molar refractivity (Wildman–Crippen MR) is 76.9 cm³/mol. The van der Waals surface area contributed by atoms with E-state index in [2.05, 4.69) is 0 Å². The van der Waals surface area contributed by atoms with Gasteiger partial charge in [0.15, 0.2) is 0 Å². The molecule has 2 aliphatic rings. The normalized spacial score (nSPS) is 21.0. The molecule has 2 saturated heterocycles. The first-order valence-electron chi connectivity index (χ1n) is 7.01. The molecule has 0 radical (unpaired) electrons. The molecule has 116 valence electrons. The summed E-state index contributed by atoms with van der Waals surface area (Å²) in [4.78, 5) is 37.9. The molecule has 1 aromatic carbocycles. The number of hydrogen-bond donors (Lipinski definition) is 0. The lowest BCUT2D eigenvalue weighted by atomic mass is 10.0. The minimum absolute atomic E-state index is 0.135. The summed E-state index contributed by atoms with van der Waals surface area (Å²) in [5, 5.41) is 10.8. The number of carbonyl (C=O) groups excluding carboxylic acids is 2. The van der Waals surface area contributed by atoms with Gasteiger partial charge in [0, 0.05) is 12.6 Å². The van der Waals surface area contributed by atoms with Crippen LogP contribution >= 0.6 is 0 Å². The summed E-state index contributed by atoms with van der Waals surface area (Å²) in [6.07, 6.45) is 2.43. The van der Waals surface area contributed by atoms with Gasteiger partial charge in [-0.3, -0.25) is 14.9 Å². The van der Waals surface area contributed by atoms with Gasteiger partial charge in [-0.25, -0.2) is 9.69 Å². The fourth-order valence-electron chi connectivity index (χ4n) is 2.98. The highest BCUT2D eigenvalue weighted by Gasteiger charge is 2.47. The molecule has 1 unspecified atom stereocenters. The van der Waals surface area contributed by atoms with Crippen LogP contribution in [0.4, 0.5) is 16.2 Å². The van der Waals surface area contributed by atoms with Crippen LogP contribution in [-0.4, -0.2) is 41.5 Å². The molecule has 0 spiro atoms. The van der Waals surface area contributed by atoms with Gasteiger partial charge in [0.2, 0.25) is 0 Å². The van der Waals surface area contributed by atoms with Crippen LogP contribution in [0.5, 0.6) is 5.75 Å². The van der Waals surface area contributed by atoms with Crippen molar-refractivity contribution in [2.24, 2.45) is 0 Å². The maximum atomic E-state index is 12.5. The summed E-state index contributed by atoms with van der Waals surface area (Å²) in [6.45, 7) is 0.557. The number of rotatable bonds is 3. The van der Waals surface area contributed by atoms with Crippen molar-refractivity contribution in [1.82, 2.24) is 4.90 Å². The Morgan fingerprint density at radius 2 is 2.09 bits per heavy atom. The van der Waals surface area contributed by atoms with E-state index in [-0.39, 0.29) is 29.1 Å². The molecule has 0 N–H and O–H groups in total. The van der Waals surface area contributed by atoms with Gasteiger partial charge in [-0.05, 0) is 25.3 Å². The first-order chi connectivity index (χ1) is 10.5. The average molecular weight is 305 g/mol. The number of fused-ring (bicyclic) bond motifs is 1. The Kier molecular flexibility index (Phi) is 3.44. The third kappa shape index (κ3) is 2.07. The summed E-state index contributed by atoms with van der Waals surface area (Å²) in [7, 11) is 1.35. The molecule has 3 rings (SSSR count). The number of benzene rings is 1. The maximum absolute atomic E-state index is 12.5. The number of amides is 3. The second-order valence-corrected chi connectivity index (χ2v) is 5.27. The SMILES string of the molecule is COc1cc([N+](=O)[O-])ccc1N1C(=O)C2CCCCN2C1=O. The van der Waals surface area contributed by atoms with Gasteiger partial charge in [0.05, 0.1) is 23.8 Å². The molecule has 1 atom stereocenters. The van der Waals surface area contributed by atoms with Crippen LogP contribution in [0.25, 0.3) is 0 Å². The molecule has 2 aliphatic heterocycles. The number of nitrogens with zero attached hydrogens (tertiary/aromatic N) is 3. The molecule has 0 aliphatic carbocycles. The number of ether oxygens (including phenoxy) is 1. The standard InChI is InChI=1S/C14H15N3O5/c1-22-12-8-9(17(20)21)5-6-10(12)16-13(18)11-4-2-3-7-15(11)14(16)19/h5-6,8,11H,2-4,7H2,1H3. The van der Waals surface area contributed by atoms with Crippen molar-refractivity contribution in [2.45, 2.75) is 25.3 Å².